The van der Waals surface area contributed by atoms with Crippen LogP contribution < -0.4 is 0 Å². The molecule has 0 bridgehead atoms. The van der Waals surface area contributed by atoms with E-state index in [1.807, 2.05) is 44.4 Å². The van der Waals surface area contributed by atoms with Crippen LogP contribution in [0.4, 0.5) is 0 Å². The van der Waals surface area contributed by atoms with Gasteiger partial charge in [-0.25, -0.2) is 0 Å². The Morgan fingerprint density at radius 2 is 1.79 bits per heavy atom. The van der Waals surface area contributed by atoms with Gasteiger partial charge < -0.3 is 9.88 Å². The molecule has 5 heteroatoms. The summed E-state index contributed by atoms with van der Waals surface area (Å²) >= 11 is 0. The molecule has 0 atom stereocenters. The minimum absolute atomic E-state index is 0.221. The minimum Gasteiger partial charge on any atom is -0.354 e. The SMILES string of the molecule is Cc1cc(-c2[nH]c3ccc(-c4ccc(CC(=O)CCN(C)C)nc4)cc3c2C(C)C)ccn1. The molecule has 0 aliphatic heterocycles. The zero-order chi connectivity index (χ0) is 23.5. The van der Waals surface area contributed by atoms with Crippen molar-refractivity contribution in [3.05, 3.63) is 71.8 Å². The Morgan fingerprint density at radius 1 is 1.00 bits per heavy atom. The van der Waals surface area contributed by atoms with Crippen LogP contribution in [0, 0.1) is 6.92 Å². The third kappa shape index (κ3) is 5.20. The summed E-state index contributed by atoms with van der Waals surface area (Å²) in [6, 6.07) is 14.7. The summed E-state index contributed by atoms with van der Waals surface area (Å²) in [5.74, 6) is 0.587. The van der Waals surface area contributed by atoms with Crippen LogP contribution in [-0.4, -0.2) is 46.3 Å². The first-order valence-electron chi connectivity index (χ1n) is 11.5. The summed E-state index contributed by atoms with van der Waals surface area (Å²) in [5, 5.41) is 1.23. The van der Waals surface area contributed by atoms with E-state index in [0.717, 1.165) is 45.8 Å². The van der Waals surface area contributed by atoms with Crippen molar-refractivity contribution in [2.75, 3.05) is 20.6 Å². The molecule has 4 aromatic rings. The normalized spacial score (nSPS) is 11.6. The zero-order valence-corrected chi connectivity index (χ0v) is 20.1. The molecule has 0 amide bonds. The van der Waals surface area contributed by atoms with Crippen molar-refractivity contribution < 1.29 is 4.79 Å². The van der Waals surface area contributed by atoms with E-state index in [-0.39, 0.29) is 5.78 Å². The number of benzene rings is 1. The van der Waals surface area contributed by atoms with Gasteiger partial charge in [-0.3, -0.25) is 14.8 Å². The van der Waals surface area contributed by atoms with Gasteiger partial charge in [0.15, 0.2) is 0 Å². The molecule has 0 saturated heterocycles. The van der Waals surface area contributed by atoms with Crippen molar-refractivity contribution in [2.45, 2.75) is 39.5 Å². The minimum atomic E-state index is 0.221. The standard InChI is InChI=1S/C28H32N4O/c1-18(2)27-25-15-20(7-9-26(25)31-28(27)21-10-12-29-19(3)14-21)22-6-8-23(30-17-22)16-24(33)11-13-32(4)5/h6-10,12,14-15,17-18,31H,11,13,16H2,1-5H3. The Hall–Kier alpha value is -3.31. The predicted octanol–water partition coefficient (Wildman–Crippen LogP) is 5.79. The number of aryl methyl sites for hydroxylation is 1. The van der Waals surface area contributed by atoms with E-state index in [4.69, 9.17) is 0 Å². The number of pyridine rings is 2. The second kappa shape index (κ2) is 9.67. The van der Waals surface area contributed by atoms with Gasteiger partial charge in [0, 0.05) is 65.2 Å². The Morgan fingerprint density at radius 3 is 2.45 bits per heavy atom. The number of nitrogens with one attached hydrogen (secondary N) is 1. The van der Waals surface area contributed by atoms with Crippen LogP contribution in [0.15, 0.2) is 54.9 Å². The molecule has 5 nitrogen and oxygen atoms in total. The molecule has 0 spiro atoms. The van der Waals surface area contributed by atoms with E-state index in [0.29, 0.717) is 18.8 Å². The smallest absolute Gasteiger partial charge is 0.140 e. The lowest BCUT2D eigenvalue weighted by Gasteiger charge is -2.10. The molecule has 0 aliphatic carbocycles. The highest BCUT2D eigenvalue weighted by Crippen LogP contribution is 2.37. The van der Waals surface area contributed by atoms with Gasteiger partial charge in [-0.15, -0.1) is 0 Å². The van der Waals surface area contributed by atoms with Crippen LogP contribution in [0.2, 0.25) is 0 Å². The summed E-state index contributed by atoms with van der Waals surface area (Å²) in [4.78, 5) is 26.8. The third-order valence-electron chi connectivity index (χ3n) is 5.98. The topological polar surface area (TPSA) is 61.9 Å². The van der Waals surface area contributed by atoms with E-state index in [2.05, 4.69) is 65.2 Å². The lowest BCUT2D eigenvalue weighted by atomic mass is 9.94. The Kier molecular flexibility index (Phi) is 6.70. The molecule has 1 N–H and O–H groups in total. The van der Waals surface area contributed by atoms with E-state index >= 15 is 0 Å². The first-order valence-corrected chi connectivity index (χ1v) is 11.5. The van der Waals surface area contributed by atoms with E-state index in [1.54, 1.807) is 0 Å². The highest BCUT2D eigenvalue weighted by molar-refractivity contribution is 5.94. The molecule has 4 rings (SSSR count). The largest absolute Gasteiger partial charge is 0.354 e. The summed E-state index contributed by atoms with van der Waals surface area (Å²) in [7, 11) is 3.96. The van der Waals surface area contributed by atoms with Gasteiger partial charge >= 0.3 is 0 Å². The second-order valence-electron chi connectivity index (χ2n) is 9.32. The maximum atomic E-state index is 12.2. The Labute approximate surface area is 195 Å². The summed E-state index contributed by atoms with van der Waals surface area (Å²) in [5.41, 5.74) is 8.77. The Balaban J connectivity index is 1.64. The molecule has 33 heavy (non-hydrogen) atoms. The molecule has 170 valence electrons. The van der Waals surface area contributed by atoms with Gasteiger partial charge in [-0.2, -0.15) is 0 Å². The lowest BCUT2D eigenvalue weighted by Crippen LogP contribution is -2.17. The predicted molar refractivity (Wildman–Crippen MR) is 135 cm³/mol. The maximum absolute atomic E-state index is 12.2. The van der Waals surface area contributed by atoms with Crippen molar-refractivity contribution in [3.8, 4) is 22.4 Å². The molecule has 0 fully saturated rings. The summed E-state index contributed by atoms with van der Waals surface area (Å²) in [6.45, 7) is 7.26. The fourth-order valence-electron chi connectivity index (χ4n) is 4.26. The number of aromatic nitrogens is 3. The van der Waals surface area contributed by atoms with Crippen molar-refractivity contribution in [1.82, 2.24) is 19.9 Å². The number of Topliss-reactive ketones (excluding diaryl/α,β-unsaturated/α-hetero) is 1. The van der Waals surface area contributed by atoms with Crippen LogP contribution >= 0.6 is 0 Å². The van der Waals surface area contributed by atoms with Crippen molar-refractivity contribution in [2.24, 2.45) is 0 Å². The third-order valence-corrected chi connectivity index (χ3v) is 5.98. The molecule has 3 aromatic heterocycles. The summed E-state index contributed by atoms with van der Waals surface area (Å²) < 4.78 is 0. The molecule has 3 heterocycles. The fraction of sp³-hybridized carbons (Fsp3) is 0.321. The first-order chi connectivity index (χ1) is 15.8. The van der Waals surface area contributed by atoms with Crippen LogP contribution in [0.25, 0.3) is 33.3 Å². The van der Waals surface area contributed by atoms with Gasteiger partial charge in [-0.05, 0) is 68.4 Å². The molecule has 0 saturated carbocycles. The number of hydrogen-bond acceptors (Lipinski definition) is 4. The number of nitrogens with zero attached hydrogens (tertiary/aromatic N) is 3. The van der Waals surface area contributed by atoms with Gasteiger partial charge in [0.05, 0.1) is 5.69 Å². The average molecular weight is 441 g/mol. The number of aromatic amines is 1. The quantitative estimate of drug-likeness (QED) is 0.377. The van der Waals surface area contributed by atoms with Gasteiger partial charge in [0.2, 0.25) is 0 Å². The number of carbonyl (C=O) groups excluding carboxylic acids is 1. The zero-order valence-electron chi connectivity index (χ0n) is 20.1. The highest BCUT2D eigenvalue weighted by Gasteiger charge is 2.17. The van der Waals surface area contributed by atoms with E-state index in [9.17, 15) is 4.79 Å². The van der Waals surface area contributed by atoms with Crippen molar-refractivity contribution in [1.29, 1.82) is 0 Å². The van der Waals surface area contributed by atoms with Crippen LogP contribution in [0.1, 0.15) is 43.1 Å². The average Bonchev–Trinajstić information content (AvgIpc) is 3.17. The van der Waals surface area contributed by atoms with Crippen LogP contribution in [0.5, 0.6) is 0 Å². The van der Waals surface area contributed by atoms with Gasteiger partial charge in [0.1, 0.15) is 5.78 Å². The van der Waals surface area contributed by atoms with Crippen molar-refractivity contribution in [3.63, 3.8) is 0 Å². The molecule has 0 radical (unpaired) electrons. The monoisotopic (exact) mass is 440 g/mol. The molecule has 0 unspecified atom stereocenters. The number of carbonyl (C=O) groups is 1. The molecule has 0 aliphatic rings. The lowest BCUT2D eigenvalue weighted by molar-refractivity contribution is -0.118. The maximum Gasteiger partial charge on any atom is 0.140 e. The van der Waals surface area contributed by atoms with Crippen LogP contribution in [0.3, 0.4) is 0 Å². The number of ketones is 1. The first kappa shape index (κ1) is 22.9. The van der Waals surface area contributed by atoms with E-state index in [1.165, 1.54) is 10.9 Å². The van der Waals surface area contributed by atoms with Gasteiger partial charge in [-0.1, -0.05) is 26.0 Å². The van der Waals surface area contributed by atoms with Crippen LogP contribution in [-0.2, 0) is 11.2 Å². The Bertz CT molecular complexity index is 1270. The fourth-order valence-corrected chi connectivity index (χ4v) is 4.26. The van der Waals surface area contributed by atoms with Gasteiger partial charge in [0.25, 0.3) is 0 Å². The molecular weight excluding hydrogens is 408 g/mol. The number of hydrogen-bond donors (Lipinski definition) is 1. The summed E-state index contributed by atoms with van der Waals surface area (Å²) in [6.07, 6.45) is 4.68. The van der Waals surface area contributed by atoms with Crippen molar-refractivity contribution >= 4 is 16.7 Å². The molecule has 1 aromatic carbocycles. The highest BCUT2D eigenvalue weighted by atomic mass is 16.1. The van der Waals surface area contributed by atoms with E-state index < -0.39 is 0 Å². The number of rotatable bonds is 8. The molecular formula is C28H32N4O. The number of H-pyrrole nitrogens is 1. The second-order valence-corrected chi connectivity index (χ2v) is 9.32. The number of fused-ring (bicyclic) bond motifs is 1.